The predicted octanol–water partition coefficient (Wildman–Crippen LogP) is 1.33. The Morgan fingerprint density at radius 1 is 1.67 bits per heavy atom. The Morgan fingerprint density at radius 3 is 2.87 bits per heavy atom. The Morgan fingerprint density at radius 2 is 2.33 bits per heavy atom. The van der Waals surface area contributed by atoms with Gasteiger partial charge < -0.3 is 10.1 Å². The molecule has 0 fully saturated rings. The first kappa shape index (κ1) is 11.9. The highest BCUT2D eigenvalue weighted by atomic mass is 79.9. The number of ether oxygens (including phenoxy) is 1. The zero-order chi connectivity index (χ0) is 11.5. The highest BCUT2D eigenvalue weighted by molar-refractivity contribution is 9.10. The number of rotatable bonds is 2. The molecular weight excluding hydrogens is 262 g/mol. The van der Waals surface area contributed by atoms with Gasteiger partial charge in [-0.25, -0.2) is 9.78 Å². The third-order valence-electron chi connectivity index (χ3n) is 1.73. The normalized spacial score (nSPS) is 14.1. The summed E-state index contributed by atoms with van der Waals surface area (Å²) in [6.07, 6.45) is -0.596. The topological polar surface area (TPSA) is 77.2 Å². The van der Waals surface area contributed by atoms with Gasteiger partial charge in [0.25, 0.3) is 0 Å². The minimum atomic E-state index is -1.25. The van der Waals surface area contributed by atoms with Crippen molar-refractivity contribution in [3.63, 3.8) is 0 Å². The molecule has 1 heterocycles. The molecule has 1 aromatic rings. The summed E-state index contributed by atoms with van der Waals surface area (Å²) < 4.78 is 5.61. The third kappa shape index (κ3) is 3.17. The highest BCUT2D eigenvalue weighted by Gasteiger charge is 2.27. The van der Waals surface area contributed by atoms with E-state index in [-0.39, 0.29) is 0 Å². The van der Waals surface area contributed by atoms with Gasteiger partial charge >= 0.3 is 6.09 Å². The van der Waals surface area contributed by atoms with Crippen molar-refractivity contribution in [1.29, 1.82) is 0 Å². The summed E-state index contributed by atoms with van der Waals surface area (Å²) in [5.74, 6) is 0. The minimum Gasteiger partial charge on any atom is -0.422 e. The van der Waals surface area contributed by atoms with Crippen LogP contribution in [0.25, 0.3) is 0 Å². The quantitative estimate of drug-likeness (QED) is 0.630. The fraction of sp³-hybridized carbons (Fsp3) is 0.333. The van der Waals surface area contributed by atoms with Crippen LogP contribution in [0.15, 0.2) is 22.8 Å². The number of carbonyl (C=O) groups excluding carboxylic acids is 1. The SMILES string of the molecule is CNC(=O)O[C@](C)(N)c1cccc(Br)n1. The van der Waals surface area contributed by atoms with Crippen molar-refractivity contribution in [2.45, 2.75) is 12.6 Å². The number of nitrogens with one attached hydrogen (secondary N) is 1. The fourth-order valence-electron chi connectivity index (χ4n) is 0.981. The number of nitrogens with zero attached hydrogens (tertiary/aromatic N) is 1. The van der Waals surface area contributed by atoms with Crippen LogP contribution in [-0.4, -0.2) is 18.1 Å². The zero-order valence-corrected chi connectivity index (χ0v) is 10.0. The smallest absolute Gasteiger partial charge is 0.408 e. The van der Waals surface area contributed by atoms with Crippen LogP contribution in [0.5, 0.6) is 0 Å². The largest absolute Gasteiger partial charge is 0.422 e. The second kappa shape index (κ2) is 4.59. The summed E-state index contributed by atoms with van der Waals surface area (Å²) in [5.41, 5.74) is 5.04. The maximum Gasteiger partial charge on any atom is 0.408 e. The standard InChI is InChI=1S/C9H12BrN3O2/c1-9(11,15-8(14)12-2)6-4-3-5-7(10)13-6/h3-5H,11H2,1-2H3,(H,12,14)/t9-/m0/s1. The number of halogens is 1. The van der Waals surface area contributed by atoms with Gasteiger partial charge in [-0.2, -0.15) is 0 Å². The average Bonchev–Trinajstić information content (AvgIpc) is 2.17. The maximum absolute atomic E-state index is 11.0. The van der Waals surface area contributed by atoms with E-state index >= 15 is 0 Å². The Kier molecular flexibility index (Phi) is 3.65. The molecule has 0 saturated carbocycles. The van der Waals surface area contributed by atoms with E-state index in [1.54, 1.807) is 25.1 Å². The summed E-state index contributed by atoms with van der Waals surface area (Å²) in [7, 11) is 1.47. The molecule has 6 heteroatoms. The zero-order valence-electron chi connectivity index (χ0n) is 8.45. The van der Waals surface area contributed by atoms with Gasteiger partial charge in [-0.15, -0.1) is 0 Å². The summed E-state index contributed by atoms with van der Waals surface area (Å²) in [6, 6.07) is 5.22. The second-order valence-corrected chi connectivity index (χ2v) is 3.90. The monoisotopic (exact) mass is 273 g/mol. The number of carbonyl (C=O) groups is 1. The van der Waals surface area contributed by atoms with E-state index in [1.165, 1.54) is 7.05 Å². The highest BCUT2D eigenvalue weighted by Crippen LogP contribution is 2.19. The van der Waals surface area contributed by atoms with Crippen LogP contribution in [0.2, 0.25) is 0 Å². The Balaban J connectivity index is 2.90. The molecule has 15 heavy (non-hydrogen) atoms. The molecule has 5 nitrogen and oxygen atoms in total. The summed E-state index contributed by atoms with van der Waals surface area (Å²) in [6.45, 7) is 1.57. The number of hydrogen-bond acceptors (Lipinski definition) is 4. The predicted molar refractivity (Wildman–Crippen MR) is 59.0 cm³/mol. The van der Waals surface area contributed by atoms with Crippen LogP contribution < -0.4 is 11.1 Å². The lowest BCUT2D eigenvalue weighted by Gasteiger charge is -2.23. The number of pyridine rings is 1. The molecule has 1 atom stereocenters. The summed E-state index contributed by atoms with van der Waals surface area (Å²) in [5, 5.41) is 2.32. The van der Waals surface area contributed by atoms with Crippen LogP contribution in [0.1, 0.15) is 12.6 Å². The molecule has 0 radical (unpaired) electrons. The van der Waals surface area contributed by atoms with Crippen LogP contribution in [0.3, 0.4) is 0 Å². The van der Waals surface area contributed by atoms with Crippen molar-refractivity contribution in [1.82, 2.24) is 10.3 Å². The van der Waals surface area contributed by atoms with E-state index < -0.39 is 11.8 Å². The van der Waals surface area contributed by atoms with Crippen molar-refractivity contribution >= 4 is 22.0 Å². The first-order valence-corrected chi connectivity index (χ1v) is 5.07. The molecular formula is C9H12BrN3O2. The van der Waals surface area contributed by atoms with Crippen molar-refractivity contribution < 1.29 is 9.53 Å². The Bertz CT molecular complexity index is 368. The molecule has 0 aromatic carbocycles. The van der Waals surface area contributed by atoms with Crippen molar-refractivity contribution in [2.24, 2.45) is 5.73 Å². The van der Waals surface area contributed by atoms with Gasteiger partial charge in [-0.05, 0) is 35.0 Å². The molecule has 3 N–H and O–H groups in total. The maximum atomic E-state index is 11.0. The van der Waals surface area contributed by atoms with Crippen molar-refractivity contribution in [3.05, 3.63) is 28.5 Å². The van der Waals surface area contributed by atoms with E-state index in [0.29, 0.717) is 10.3 Å². The van der Waals surface area contributed by atoms with Gasteiger partial charge in [0, 0.05) is 7.05 Å². The lowest BCUT2D eigenvalue weighted by atomic mass is 10.2. The first-order chi connectivity index (χ1) is 6.95. The molecule has 1 aromatic heterocycles. The molecule has 0 unspecified atom stereocenters. The van der Waals surface area contributed by atoms with Gasteiger partial charge in [-0.3, -0.25) is 5.73 Å². The lowest BCUT2D eigenvalue weighted by molar-refractivity contribution is 0.0247. The van der Waals surface area contributed by atoms with E-state index in [1.807, 2.05) is 0 Å². The van der Waals surface area contributed by atoms with E-state index in [9.17, 15) is 4.79 Å². The number of amides is 1. The van der Waals surface area contributed by atoms with E-state index in [4.69, 9.17) is 10.5 Å². The lowest BCUT2D eigenvalue weighted by Crippen LogP contribution is -2.41. The molecule has 0 aliphatic carbocycles. The van der Waals surface area contributed by atoms with Crippen LogP contribution in [0.4, 0.5) is 4.79 Å². The van der Waals surface area contributed by atoms with Gasteiger partial charge in [0.05, 0.1) is 0 Å². The Labute approximate surface area is 96.1 Å². The van der Waals surface area contributed by atoms with Crippen molar-refractivity contribution in [2.75, 3.05) is 7.05 Å². The molecule has 0 saturated heterocycles. The van der Waals surface area contributed by atoms with Gasteiger partial charge in [0.15, 0.2) is 0 Å². The van der Waals surface area contributed by atoms with E-state index in [0.717, 1.165) is 0 Å². The third-order valence-corrected chi connectivity index (χ3v) is 2.17. The molecule has 1 rings (SSSR count). The fourth-order valence-corrected chi connectivity index (χ4v) is 1.32. The van der Waals surface area contributed by atoms with Gasteiger partial charge in [-0.1, -0.05) is 6.07 Å². The summed E-state index contributed by atoms with van der Waals surface area (Å²) in [4.78, 5) is 15.2. The van der Waals surface area contributed by atoms with Gasteiger partial charge in [0.2, 0.25) is 5.72 Å². The molecule has 0 bridgehead atoms. The van der Waals surface area contributed by atoms with Crippen molar-refractivity contribution in [3.8, 4) is 0 Å². The summed E-state index contributed by atoms with van der Waals surface area (Å²) >= 11 is 3.22. The molecule has 0 aliphatic rings. The van der Waals surface area contributed by atoms with Crippen LogP contribution in [-0.2, 0) is 10.5 Å². The average molecular weight is 274 g/mol. The van der Waals surface area contributed by atoms with Gasteiger partial charge in [0.1, 0.15) is 10.3 Å². The van der Waals surface area contributed by atoms with E-state index in [2.05, 4.69) is 26.2 Å². The minimum absolute atomic E-state index is 0.473. The Hall–Kier alpha value is -1.14. The van der Waals surface area contributed by atoms with Crippen LogP contribution >= 0.6 is 15.9 Å². The number of nitrogens with two attached hydrogens (primary N) is 1. The second-order valence-electron chi connectivity index (χ2n) is 3.09. The number of aromatic nitrogens is 1. The molecule has 1 amide bonds. The molecule has 0 spiro atoms. The van der Waals surface area contributed by atoms with Crippen LogP contribution in [0, 0.1) is 0 Å². The number of alkyl carbamates (subject to hydrolysis) is 1. The number of hydrogen-bond donors (Lipinski definition) is 2. The molecule has 82 valence electrons. The first-order valence-electron chi connectivity index (χ1n) is 4.28. The molecule has 0 aliphatic heterocycles.